The molecule has 0 spiro atoms. The lowest BCUT2D eigenvalue weighted by atomic mass is 10.2. The van der Waals surface area contributed by atoms with Gasteiger partial charge in [0.15, 0.2) is 11.5 Å². The van der Waals surface area contributed by atoms with Gasteiger partial charge in [-0.05, 0) is 36.4 Å². The number of hydrogen-bond donors (Lipinski definition) is 0. The van der Waals surface area contributed by atoms with Crippen molar-refractivity contribution in [2.45, 2.75) is 33.0 Å². The lowest BCUT2D eigenvalue weighted by Crippen LogP contribution is -2.52. The first kappa shape index (κ1) is 15.0. The number of tetrazole rings is 1. The van der Waals surface area contributed by atoms with E-state index in [2.05, 4.69) is 53.8 Å². The normalized spacial score (nSPS) is 19.2. The SMILES string of the molecule is CCn1ccnc1CN1CCN(c2ccc3nnnn3n2)CC1C. The molecule has 0 saturated carbocycles. The second-order valence-corrected chi connectivity index (χ2v) is 6.11. The van der Waals surface area contributed by atoms with Gasteiger partial charge >= 0.3 is 0 Å². The number of piperazine rings is 1. The number of imidazole rings is 1. The van der Waals surface area contributed by atoms with Gasteiger partial charge in [0, 0.05) is 44.6 Å². The van der Waals surface area contributed by atoms with E-state index in [1.165, 1.54) is 4.63 Å². The van der Waals surface area contributed by atoms with Gasteiger partial charge in [0.25, 0.3) is 0 Å². The van der Waals surface area contributed by atoms with Crippen LogP contribution in [-0.4, -0.2) is 65.4 Å². The molecule has 1 aliphatic heterocycles. The number of aromatic nitrogens is 7. The fourth-order valence-electron chi connectivity index (χ4n) is 3.21. The van der Waals surface area contributed by atoms with Crippen LogP contribution < -0.4 is 4.90 Å². The van der Waals surface area contributed by atoms with Gasteiger partial charge in [-0.2, -0.15) is 0 Å². The van der Waals surface area contributed by atoms with Crippen molar-refractivity contribution >= 4 is 11.5 Å². The van der Waals surface area contributed by atoms with E-state index in [9.17, 15) is 0 Å². The molecule has 3 aromatic heterocycles. The number of rotatable bonds is 4. The molecule has 0 N–H and O–H groups in total. The summed E-state index contributed by atoms with van der Waals surface area (Å²) >= 11 is 0. The first-order chi connectivity index (χ1) is 11.7. The highest BCUT2D eigenvalue weighted by Crippen LogP contribution is 2.18. The zero-order valence-corrected chi connectivity index (χ0v) is 13.9. The monoisotopic (exact) mass is 327 g/mol. The first-order valence-corrected chi connectivity index (χ1v) is 8.29. The smallest absolute Gasteiger partial charge is 0.200 e. The van der Waals surface area contributed by atoms with Gasteiger partial charge in [0.05, 0.1) is 6.54 Å². The molecule has 4 rings (SSSR count). The largest absolute Gasteiger partial charge is 0.352 e. The van der Waals surface area contributed by atoms with E-state index in [1.807, 2.05) is 24.5 Å². The number of anilines is 1. The molecular weight excluding hydrogens is 306 g/mol. The van der Waals surface area contributed by atoms with Crippen LogP contribution >= 0.6 is 0 Å². The van der Waals surface area contributed by atoms with Crippen molar-refractivity contribution in [2.75, 3.05) is 24.5 Å². The zero-order valence-electron chi connectivity index (χ0n) is 13.9. The number of hydrogen-bond acceptors (Lipinski definition) is 7. The molecule has 24 heavy (non-hydrogen) atoms. The highest BCUT2D eigenvalue weighted by atomic mass is 15.6. The molecule has 9 heteroatoms. The zero-order chi connectivity index (χ0) is 16.5. The van der Waals surface area contributed by atoms with Crippen LogP contribution in [0.1, 0.15) is 19.7 Å². The Hall–Kier alpha value is -2.55. The molecule has 1 aliphatic rings. The van der Waals surface area contributed by atoms with E-state index >= 15 is 0 Å². The van der Waals surface area contributed by atoms with Crippen molar-refractivity contribution in [2.24, 2.45) is 0 Å². The average Bonchev–Trinajstić information content (AvgIpc) is 3.24. The van der Waals surface area contributed by atoms with Crippen LogP contribution in [0.2, 0.25) is 0 Å². The fourth-order valence-corrected chi connectivity index (χ4v) is 3.21. The molecule has 0 aromatic carbocycles. The summed E-state index contributed by atoms with van der Waals surface area (Å²) in [5.41, 5.74) is 0.664. The Labute approximate surface area is 139 Å². The molecule has 9 nitrogen and oxygen atoms in total. The molecule has 1 unspecified atom stereocenters. The Balaban J connectivity index is 1.45. The van der Waals surface area contributed by atoms with Gasteiger partial charge in [-0.15, -0.1) is 14.8 Å². The van der Waals surface area contributed by atoms with Gasteiger partial charge < -0.3 is 9.47 Å². The van der Waals surface area contributed by atoms with Gasteiger partial charge in [0.1, 0.15) is 5.82 Å². The van der Waals surface area contributed by atoms with Crippen molar-refractivity contribution in [3.05, 3.63) is 30.4 Å². The lowest BCUT2D eigenvalue weighted by molar-refractivity contribution is 0.174. The summed E-state index contributed by atoms with van der Waals surface area (Å²) < 4.78 is 3.68. The van der Waals surface area contributed by atoms with Crippen LogP contribution in [-0.2, 0) is 13.1 Å². The van der Waals surface area contributed by atoms with Crippen LogP contribution in [0.4, 0.5) is 5.82 Å². The third-order valence-corrected chi connectivity index (χ3v) is 4.63. The van der Waals surface area contributed by atoms with E-state index in [-0.39, 0.29) is 0 Å². The summed E-state index contributed by atoms with van der Waals surface area (Å²) in [6.07, 6.45) is 3.92. The highest BCUT2D eigenvalue weighted by molar-refractivity contribution is 5.44. The fraction of sp³-hybridized carbons (Fsp3) is 0.533. The van der Waals surface area contributed by atoms with Crippen LogP contribution in [0.25, 0.3) is 5.65 Å². The molecule has 0 bridgehead atoms. The summed E-state index contributed by atoms with van der Waals surface area (Å²) in [5, 5.41) is 15.9. The third-order valence-electron chi connectivity index (χ3n) is 4.63. The molecule has 1 fully saturated rings. The van der Waals surface area contributed by atoms with E-state index < -0.39 is 0 Å². The average molecular weight is 327 g/mol. The Bertz CT molecular complexity index is 823. The standard InChI is InChI=1S/C15H21N9/c1-3-21-7-6-16-15(21)11-22-8-9-23(10-12(22)2)14-5-4-13-17-19-20-24(13)18-14/h4-7,12H,3,8-11H2,1-2H3. The van der Waals surface area contributed by atoms with Gasteiger partial charge in [-0.25, -0.2) is 4.98 Å². The van der Waals surface area contributed by atoms with Crippen molar-refractivity contribution in [1.82, 2.24) is 39.7 Å². The maximum Gasteiger partial charge on any atom is 0.200 e. The second-order valence-electron chi connectivity index (χ2n) is 6.11. The van der Waals surface area contributed by atoms with Gasteiger partial charge in [-0.3, -0.25) is 4.90 Å². The predicted octanol–water partition coefficient (Wildman–Crippen LogP) is 0.446. The van der Waals surface area contributed by atoms with Crippen molar-refractivity contribution in [1.29, 1.82) is 0 Å². The maximum atomic E-state index is 4.49. The highest BCUT2D eigenvalue weighted by Gasteiger charge is 2.25. The minimum absolute atomic E-state index is 0.423. The first-order valence-electron chi connectivity index (χ1n) is 8.29. The topological polar surface area (TPSA) is 80.3 Å². The molecular formula is C15H21N9. The number of aryl methyl sites for hydroxylation is 1. The molecule has 0 radical (unpaired) electrons. The number of fused-ring (bicyclic) bond motifs is 1. The summed E-state index contributed by atoms with van der Waals surface area (Å²) in [6, 6.07) is 4.31. The Kier molecular flexibility index (Phi) is 3.85. The minimum Gasteiger partial charge on any atom is -0.352 e. The molecule has 126 valence electrons. The van der Waals surface area contributed by atoms with Gasteiger partial charge in [0.2, 0.25) is 0 Å². The predicted molar refractivity (Wildman–Crippen MR) is 88.6 cm³/mol. The Morgan fingerprint density at radius 1 is 1.25 bits per heavy atom. The molecule has 3 aromatic rings. The summed E-state index contributed by atoms with van der Waals surface area (Å²) in [4.78, 5) is 9.25. The second kappa shape index (κ2) is 6.16. The van der Waals surface area contributed by atoms with Crippen LogP contribution in [0, 0.1) is 0 Å². The molecule has 1 atom stereocenters. The summed E-state index contributed by atoms with van der Waals surface area (Å²) in [7, 11) is 0. The molecule has 1 saturated heterocycles. The lowest BCUT2D eigenvalue weighted by Gasteiger charge is -2.40. The Morgan fingerprint density at radius 3 is 3.00 bits per heavy atom. The molecule has 0 amide bonds. The summed E-state index contributed by atoms with van der Waals surface area (Å²) in [6.45, 7) is 9.07. The van der Waals surface area contributed by atoms with Crippen molar-refractivity contribution in [3.63, 3.8) is 0 Å². The van der Waals surface area contributed by atoms with Crippen molar-refractivity contribution < 1.29 is 0 Å². The minimum atomic E-state index is 0.423. The van der Waals surface area contributed by atoms with E-state index in [4.69, 9.17) is 0 Å². The van der Waals surface area contributed by atoms with Gasteiger partial charge in [-0.1, -0.05) is 0 Å². The molecule has 0 aliphatic carbocycles. The quantitative estimate of drug-likeness (QED) is 0.688. The summed E-state index contributed by atoms with van der Waals surface area (Å²) in [5.74, 6) is 2.04. The van der Waals surface area contributed by atoms with Crippen LogP contribution in [0.3, 0.4) is 0 Å². The van der Waals surface area contributed by atoms with E-state index in [1.54, 1.807) is 0 Å². The maximum absolute atomic E-state index is 4.49. The van der Waals surface area contributed by atoms with E-state index in [0.29, 0.717) is 11.7 Å². The Morgan fingerprint density at radius 2 is 2.17 bits per heavy atom. The third kappa shape index (κ3) is 2.71. The van der Waals surface area contributed by atoms with Crippen molar-refractivity contribution in [3.8, 4) is 0 Å². The molecule has 4 heterocycles. The van der Waals surface area contributed by atoms with Crippen LogP contribution in [0.15, 0.2) is 24.5 Å². The van der Waals surface area contributed by atoms with E-state index in [0.717, 1.165) is 44.4 Å². The van der Waals surface area contributed by atoms with Crippen LogP contribution in [0.5, 0.6) is 0 Å². The number of nitrogens with zero attached hydrogens (tertiary/aromatic N) is 9.